The van der Waals surface area contributed by atoms with Crippen LogP contribution in [0.3, 0.4) is 0 Å². The van der Waals surface area contributed by atoms with E-state index in [1.807, 2.05) is 26.2 Å². The van der Waals surface area contributed by atoms with E-state index in [4.69, 9.17) is 0 Å². The molecule has 0 bridgehead atoms. The van der Waals surface area contributed by atoms with E-state index in [0.717, 1.165) is 5.69 Å². The molecule has 2 heteroatoms. The van der Waals surface area contributed by atoms with E-state index < -0.39 is 0 Å². The third-order valence-corrected chi connectivity index (χ3v) is 3.06. The first-order valence-corrected chi connectivity index (χ1v) is 5.91. The Morgan fingerprint density at radius 3 is 2.59 bits per heavy atom. The van der Waals surface area contributed by atoms with Gasteiger partial charge in [0.1, 0.15) is 0 Å². The fourth-order valence-electron chi connectivity index (χ4n) is 1.79. The molecule has 1 atom stereocenters. The zero-order valence-corrected chi connectivity index (χ0v) is 10.6. The first-order valence-electron chi connectivity index (χ1n) is 5.91. The summed E-state index contributed by atoms with van der Waals surface area (Å²) in [6, 6.07) is 13.1. The van der Waals surface area contributed by atoms with Crippen LogP contribution >= 0.6 is 0 Å². The van der Waals surface area contributed by atoms with Crippen molar-refractivity contribution in [3.05, 3.63) is 53.9 Å². The van der Waals surface area contributed by atoms with Gasteiger partial charge in [-0.3, -0.25) is 4.98 Å². The largest absolute Gasteiger partial charge is 0.313 e. The van der Waals surface area contributed by atoms with Crippen molar-refractivity contribution < 1.29 is 0 Å². The fourth-order valence-corrected chi connectivity index (χ4v) is 1.79. The molecule has 88 valence electrons. The highest BCUT2D eigenvalue weighted by atomic mass is 14.8. The van der Waals surface area contributed by atoms with Gasteiger partial charge in [0.15, 0.2) is 0 Å². The van der Waals surface area contributed by atoms with E-state index in [2.05, 4.69) is 47.6 Å². The monoisotopic (exact) mass is 226 g/mol. The lowest BCUT2D eigenvalue weighted by Crippen LogP contribution is -2.12. The first kappa shape index (κ1) is 11.8. The van der Waals surface area contributed by atoms with Crippen molar-refractivity contribution >= 4 is 0 Å². The van der Waals surface area contributed by atoms with Gasteiger partial charge in [0.25, 0.3) is 0 Å². The Morgan fingerprint density at radius 2 is 1.94 bits per heavy atom. The highest BCUT2D eigenvalue weighted by Gasteiger charge is 2.04. The maximum Gasteiger partial charge on any atom is 0.0373 e. The molecule has 0 fully saturated rings. The van der Waals surface area contributed by atoms with Crippen molar-refractivity contribution in [3.63, 3.8) is 0 Å². The van der Waals surface area contributed by atoms with Gasteiger partial charge in [-0.2, -0.15) is 0 Å². The third-order valence-electron chi connectivity index (χ3n) is 3.06. The molecular weight excluding hydrogens is 208 g/mol. The fraction of sp³-hybridized carbons (Fsp3) is 0.267. The van der Waals surface area contributed by atoms with Gasteiger partial charge in [0.05, 0.1) is 0 Å². The number of rotatable bonds is 3. The minimum Gasteiger partial charge on any atom is -0.313 e. The predicted octanol–water partition coefficient (Wildman–Crippen LogP) is 3.34. The van der Waals surface area contributed by atoms with E-state index in [9.17, 15) is 0 Å². The van der Waals surface area contributed by atoms with Gasteiger partial charge in [-0.15, -0.1) is 0 Å². The Morgan fingerprint density at radius 1 is 1.12 bits per heavy atom. The smallest absolute Gasteiger partial charge is 0.0373 e. The van der Waals surface area contributed by atoms with Gasteiger partial charge in [-0.25, -0.2) is 0 Å². The number of hydrogen-bond acceptors (Lipinski definition) is 2. The topological polar surface area (TPSA) is 24.9 Å². The molecule has 1 heterocycles. The van der Waals surface area contributed by atoms with Crippen LogP contribution in [0.5, 0.6) is 0 Å². The Bertz CT molecular complexity index is 489. The average Bonchev–Trinajstić information content (AvgIpc) is 2.39. The lowest BCUT2D eigenvalue weighted by Gasteiger charge is -2.12. The molecule has 2 nitrogen and oxygen atoms in total. The number of aryl methyl sites for hydroxylation is 1. The molecule has 0 aliphatic heterocycles. The number of aromatic nitrogens is 1. The van der Waals surface area contributed by atoms with E-state index in [1.54, 1.807) is 0 Å². The molecule has 0 amide bonds. The highest BCUT2D eigenvalue weighted by molar-refractivity contribution is 5.63. The third kappa shape index (κ3) is 2.71. The molecule has 1 aromatic heterocycles. The lowest BCUT2D eigenvalue weighted by molar-refractivity contribution is 0.652. The van der Waals surface area contributed by atoms with Gasteiger partial charge >= 0.3 is 0 Å². The van der Waals surface area contributed by atoms with E-state index >= 15 is 0 Å². The molecule has 1 N–H and O–H groups in total. The summed E-state index contributed by atoms with van der Waals surface area (Å²) in [5.74, 6) is 0. The summed E-state index contributed by atoms with van der Waals surface area (Å²) in [6.45, 7) is 4.16. The highest BCUT2D eigenvalue weighted by Crippen LogP contribution is 2.22. The van der Waals surface area contributed by atoms with Crippen LogP contribution in [0.15, 0.2) is 42.6 Å². The standard InChI is InChI=1S/C15H18N2/c1-11-7-8-15(10-17-11)14-6-4-5-13(9-14)12(2)16-3/h4-10,12,16H,1-3H3. The van der Waals surface area contributed by atoms with E-state index in [1.165, 1.54) is 16.7 Å². The summed E-state index contributed by atoms with van der Waals surface area (Å²) in [5, 5.41) is 3.25. The minimum atomic E-state index is 0.369. The summed E-state index contributed by atoms with van der Waals surface area (Å²) in [7, 11) is 1.98. The second kappa shape index (κ2) is 5.11. The summed E-state index contributed by atoms with van der Waals surface area (Å²) >= 11 is 0. The Balaban J connectivity index is 2.36. The summed E-state index contributed by atoms with van der Waals surface area (Å²) in [4.78, 5) is 4.33. The van der Waals surface area contributed by atoms with Gasteiger partial charge in [-0.05, 0) is 44.2 Å². The Labute approximate surface area is 103 Å². The second-order valence-corrected chi connectivity index (χ2v) is 4.32. The molecule has 17 heavy (non-hydrogen) atoms. The molecular formula is C15H18N2. The van der Waals surface area contributed by atoms with Crippen molar-refractivity contribution in [3.8, 4) is 11.1 Å². The van der Waals surface area contributed by atoms with Crippen LogP contribution in [-0.4, -0.2) is 12.0 Å². The van der Waals surface area contributed by atoms with Crippen LogP contribution in [0.1, 0.15) is 24.2 Å². The van der Waals surface area contributed by atoms with E-state index in [0.29, 0.717) is 6.04 Å². The minimum absolute atomic E-state index is 0.369. The van der Waals surface area contributed by atoms with Crippen LogP contribution in [0.25, 0.3) is 11.1 Å². The van der Waals surface area contributed by atoms with Crippen molar-refractivity contribution in [1.82, 2.24) is 10.3 Å². The molecule has 1 aromatic carbocycles. The molecule has 0 saturated carbocycles. The molecule has 0 aliphatic carbocycles. The SMILES string of the molecule is CNC(C)c1cccc(-c2ccc(C)nc2)c1. The van der Waals surface area contributed by atoms with Gasteiger partial charge in [0.2, 0.25) is 0 Å². The van der Waals surface area contributed by atoms with Crippen LogP contribution in [0, 0.1) is 6.92 Å². The van der Waals surface area contributed by atoms with Crippen molar-refractivity contribution in [2.75, 3.05) is 7.05 Å². The number of nitrogens with zero attached hydrogens (tertiary/aromatic N) is 1. The Hall–Kier alpha value is -1.67. The molecule has 2 rings (SSSR count). The maximum absolute atomic E-state index is 4.33. The lowest BCUT2D eigenvalue weighted by atomic mass is 10.0. The van der Waals surface area contributed by atoms with Gasteiger partial charge in [0, 0.05) is 23.5 Å². The average molecular weight is 226 g/mol. The zero-order chi connectivity index (χ0) is 12.3. The van der Waals surface area contributed by atoms with Crippen LogP contribution in [0.4, 0.5) is 0 Å². The number of nitrogens with one attached hydrogen (secondary N) is 1. The second-order valence-electron chi connectivity index (χ2n) is 4.32. The number of hydrogen-bond donors (Lipinski definition) is 1. The molecule has 2 aromatic rings. The first-order chi connectivity index (χ1) is 8.20. The van der Waals surface area contributed by atoms with Crippen molar-refractivity contribution in [1.29, 1.82) is 0 Å². The van der Waals surface area contributed by atoms with Crippen LogP contribution in [0.2, 0.25) is 0 Å². The van der Waals surface area contributed by atoms with Crippen molar-refractivity contribution in [2.45, 2.75) is 19.9 Å². The number of benzene rings is 1. The van der Waals surface area contributed by atoms with Gasteiger partial charge in [-0.1, -0.05) is 24.3 Å². The van der Waals surface area contributed by atoms with Crippen LogP contribution in [-0.2, 0) is 0 Å². The molecule has 1 unspecified atom stereocenters. The summed E-state index contributed by atoms with van der Waals surface area (Å²) in [5.41, 5.74) is 4.73. The maximum atomic E-state index is 4.33. The quantitative estimate of drug-likeness (QED) is 0.868. The van der Waals surface area contributed by atoms with E-state index in [-0.39, 0.29) is 0 Å². The molecule has 0 aliphatic rings. The number of pyridine rings is 1. The molecule has 0 radical (unpaired) electrons. The summed E-state index contributed by atoms with van der Waals surface area (Å²) in [6.07, 6.45) is 1.93. The Kier molecular flexibility index (Phi) is 3.55. The molecule has 0 saturated heterocycles. The normalized spacial score (nSPS) is 12.4. The zero-order valence-electron chi connectivity index (χ0n) is 10.6. The van der Waals surface area contributed by atoms with Crippen molar-refractivity contribution in [2.24, 2.45) is 0 Å². The molecule has 0 spiro atoms. The van der Waals surface area contributed by atoms with Gasteiger partial charge < -0.3 is 5.32 Å². The predicted molar refractivity (Wildman–Crippen MR) is 71.9 cm³/mol. The van der Waals surface area contributed by atoms with Crippen LogP contribution < -0.4 is 5.32 Å². The summed E-state index contributed by atoms with van der Waals surface area (Å²) < 4.78 is 0.